The zero-order valence-corrected chi connectivity index (χ0v) is 13.1. The first kappa shape index (κ1) is 14.8. The van der Waals surface area contributed by atoms with E-state index in [4.69, 9.17) is 23.2 Å². The molecule has 0 bridgehead atoms. The molecule has 100 valence electrons. The Morgan fingerprint density at radius 3 is 2.42 bits per heavy atom. The fourth-order valence-corrected chi connectivity index (χ4v) is 3.08. The van der Waals surface area contributed by atoms with E-state index in [1.165, 1.54) is 6.07 Å². The summed E-state index contributed by atoms with van der Waals surface area (Å²) < 4.78 is 13.1. The third-order valence-corrected chi connectivity index (χ3v) is 4.41. The minimum atomic E-state index is -0.390. The highest BCUT2D eigenvalue weighted by molar-refractivity contribution is 9.09. The summed E-state index contributed by atoms with van der Waals surface area (Å²) in [7, 11) is 0. The van der Waals surface area contributed by atoms with Crippen LogP contribution in [0.15, 0.2) is 42.5 Å². The Morgan fingerprint density at radius 1 is 1.05 bits per heavy atom. The van der Waals surface area contributed by atoms with Crippen molar-refractivity contribution in [1.82, 2.24) is 0 Å². The van der Waals surface area contributed by atoms with E-state index in [1.807, 2.05) is 24.3 Å². The lowest BCUT2D eigenvalue weighted by molar-refractivity contribution is 0.626. The zero-order valence-electron chi connectivity index (χ0n) is 10.0. The second-order valence-corrected chi connectivity index (χ2v) is 5.79. The van der Waals surface area contributed by atoms with Crippen molar-refractivity contribution in [2.75, 3.05) is 5.33 Å². The van der Waals surface area contributed by atoms with Crippen molar-refractivity contribution in [1.29, 1.82) is 0 Å². The molecule has 0 saturated carbocycles. The number of halogens is 4. The van der Waals surface area contributed by atoms with Crippen LogP contribution in [0.2, 0.25) is 10.0 Å². The van der Waals surface area contributed by atoms with Crippen molar-refractivity contribution in [2.24, 2.45) is 0 Å². The Morgan fingerprint density at radius 2 is 1.79 bits per heavy atom. The lowest BCUT2D eigenvalue weighted by atomic mass is 9.93. The van der Waals surface area contributed by atoms with Crippen LogP contribution in [0.4, 0.5) is 4.39 Å². The topological polar surface area (TPSA) is 0 Å². The third-order valence-electron chi connectivity index (χ3n) is 3.00. The number of hydrogen-bond donors (Lipinski definition) is 0. The van der Waals surface area contributed by atoms with Crippen LogP contribution in [-0.2, 0) is 6.42 Å². The molecule has 0 radical (unpaired) electrons. The van der Waals surface area contributed by atoms with E-state index >= 15 is 0 Å². The molecule has 0 amide bonds. The minimum absolute atomic E-state index is 0.157. The molecule has 2 aromatic rings. The SMILES string of the molecule is Fc1ccc(CC(CBr)c2ccccc2Cl)cc1Cl. The standard InChI is InChI=1S/C15H12BrCl2F/c16-9-11(12-3-1-2-4-13(12)17)7-10-5-6-15(19)14(18)8-10/h1-6,8,11H,7,9H2. The Kier molecular flexibility index (Phi) is 5.26. The maximum atomic E-state index is 13.1. The molecule has 0 saturated heterocycles. The van der Waals surface area contributed by atoms with E-state index in [0.29, 0.717) is 0 Å². The van der Waals surface area contributed by atoms with Gasteiger partial charge in [-0.2, -0.15) is 0 Å². The first-order chi connectivity index (χ1) is 9.11. The molecule has 0 aliphatic carbocycles. The molecule has 1 atom stereocenters. The van der Waals surface area contributed by atoms with Crippen molar-refractivity contribution in [3.05, 3.63) is 69.5 Å². The van der Waals surface area contributed by atoms with Crippen LogP contribution in [0.5, 0.6) is 0 Å². The van der Waals surface area contributed by atoms with Gasteiger partial charge in [0.25, 0.3) is 0 Å². The summed E-state index contributed by atoms with van der Waals surface area (Å²) in [5.41, 5.74) is 2.08. The van der Waals surface area contributed by atoms with Crippen molar-refractivity contribution < 1.29 is 4.39 Å². The number of alkyl halides is 1. The summed E-state index contributed by atoms with van der Waals surface area (Å²) >= 11 is 15.5. The van der Waals surface area contributed by atoms with Crippen molar-refractivity contribution >= 4 is 39.1 Å². The van der Waals surface area contributed by atoms with Crippen LogP contribution < -0.4 is 0 Å². The third kappa shape index (κ3) is 3.71. The van der Waals surface area contributed by atoms with Crippen LogP contribution in [0.3, 0.4) is 0 Å². The Labute approximate surface area is 130 Å². The van der Waals surface area contributed by atoms with Gasteiger partial charge in [-0.25, -0.2) is 4.39 Å². The minimum Gasteiger partial charge on any atom is -0.205 e. The molecular formula is C15H12BrCl2F. The second kappa shape index (κ2) is 6.74. The molecule has 0 nitrogen and oxygen atoms in total. The quantitative estimate of drug-likeness (QED) is 0.599. The summed E-state index contributed by atoms with van der Waals surface area (Å²) in [5.74, 6) is -0.159. The highest BCUT2D eigenvalue weighted by atomic mass is 79.9. The Hall–Kier alpha value is -0.570. The van der Waals surface area contributed by atoms with Crippen LogP contribution in [0, 0.1) is 5.82 Å². The molecule has 0 N–H and O–H groups in total. The van der Waals surface area contributed by atoms with Gasteiger partial charge in [-0.1, -0.05) is 63.4 Å². The van der Waals surface area contributed by atoms with Crippen LogP contribution in [0.1, 0.15) is 17.0 Å². The molecular weight excluding hydrogens is 350 g/mol. The maximum absolute atomic E-state index is 13.1. The molecule has 0 spiro atoms. The van der Waals surface area contributed by atoms with Gasteiger partial charge in [0.1, 0.15) is 5.82 Å². The molecule has 0 fully saturated rings. The Bertz CT molecular complexity index is 572. The van der Waals surface area contributed by atoms with E-state index in [2.05, 4.69) is 15.9 Å². The van der Waals surface area contributed by atoms with Gasteiger partial charge in [-0.15, -0.1) is 0 Å². The number of hydrogen-bond acceptors (Lipinski definition) is 0. The first-order valence-corrected chi connectivity index (χ1v) is 7.74. The molecule has 19 heavy (non-hydrogen) atoms. The van der Waals surface area contributed by atoms with E-state index in [0.717, 1.165) is 27.9 Å². The highest BCUT2D eigenvalue weighted by Crippen LogP contribution is 2.29. The van der Waals surface area contributed by atoms with Crippen LogP contribution in [0.25, 0.3) is 0 Å². The molecule has 1 unspecified atom stereocenters. The predicted octanol–water partition coefficient (Wildman–Crippen LogP) is 5.85. The van der Waals surface area contributed by atoms with Gasteiger partial charge in [-0.3, -0.25) is 0 Å². The normalized spacial score (nSPS) is 12.4. The smallest absolute Gasteiger partial charge is 0.141 e. The van der Waals surface area contributed by atoms with E-state index < -0.39 is 5.82 Å². The molecule has 0 aromatic heterocycles. The first-order valence-electron chi connectivity index (χ1n) is 5.86. The highest BCUT2D eigenvalue weighted by Gasteiger charge is 2.14. The molecule has 0 aliphatic rings. The van der Waals surface area contributed by atoms with Gasteiger partial charge in [0, 0.05) is 10.4 Å². The predicted molar refractivity (Wildman–Crippen MR) is 83.1 cm³/mol. The van der Waals surface area contributed by atoms with Gasteiger partial charge >= 0.3 is 0 Å². The Balaban J connectivity index is 2.24. The summed E-state index contributed by atoms with van der Waals surface area (Å²) in [6.45, 7) is 0. The summed E-state index contributed by atoms with van der Waals surface area (Å²) in [4.78, 5) is 0. The average molecular weight is 362 g/mol. The fourth-order valence-electron chi connectivity index (χ4n) is 2.00. The molecule has 0 aliphatic heterocycles. The van der Waals surface area contributed by atoms with Gasteiger partial charge in [0.2, 0.25) is 0 Å². The van der Waals surface area contributed by atoms with Gasteiger partial charge in [-0.05, 0) is 41.7 Å². The number of rotatable bonds is 4. The summed E-state index contributed by atoms with van der Waals surface area (Å²) in [5, 5.41) is 1.69. The zero-order chi connectivity index (χ0) is 13.8. The average Bonchev–Trinajstić information content (AvgIpc) is 2.41. The van der Waals surface area contributed by atoms with Gasteiger partial charge < -0.3 is 0 Å². The van der Waals surface area contributed by atoms with E-state index in [9.17, 15) is 4.39 Å². The van der Waals surface area contributed by atoms with Crippen molar-refractivity contribution in [3.63, 3.8) is 0 Å². The largest absolute Gasteiger partial charge is 0.205 e. The lowest BCUT2D eigenvalue weighted by Gasteiger charge is -2.16. The van der Waals surface area contributed by atoms with E-state index in [1.54, 1.807) is 12.1 Å². The van der Waals surface area contributed by atoms with Crippen molar-refractivity contribution in [2.45, 2.75) is 12.3 Å². The monoisotopic (exact) mass is 360 g/mol. The van der Waals surface area contributed by atoms with E-state index in [-0.39, 0.29) is 10.9 Å². The molecule has 4 heteroatoms. The van der Waals surface area contributed by atoms with Crippen LogP contribution >= 0.6 is 39.1 Å². The van der Waals surface area contributed by atoms with Gasteiger partial charge in [0.05, 0.1) is 5.02 Å². The molecule has 2 rings (SSSR count). The number of benzene rings is 2. The van der Waals surface area contributed by atoms with Crippen LogP contribution in [-0.4, -0.2) is 5.33 Å². The van der Waals surface area contributed by atoms with Gasteiger partial charge in [0.15, 0.2) is 0 Å². The van der Waals surface area contributed by atoms with Crippen molar-refractivity contribution in [3.8, 4) is 0 Å². The molecule has 0 heterocycles. The lowest BCUT2D eigenvalue weighted by Crippen LogP contribution is -2.05. The maximum Gasteiger partial charge on any atom is 0.141 e. The molecule has 2 aromatic carbocycles. The second-order valence-electron chi connectivity index (χ2n) is 4.33. The fraction of sp³-hybridized carbons (Fsp3) is 0.200. The summed E-state index contributed by atoms with van der Waals surface area (Å²) in [6.07, 6.45) is 0.759. The summed E-state index contributed by atoms with van der Waals surface area (Å²) in [6, 6.07) is 12.6.